The van der Waals surface area contributed by atoms with Gasteiger partial charge >= 0.3 is 0 Å². The summed E-state index contributed by atoms with van der Waals surface area (Å²) in [7, 11) is 1.67. The van der Waals surface area contributed by atoms with Gasteiger partial charge < -0.3 is 20.3 Å². The van der Waals surface area contributed by atoms with Crippen LogP contribution < -0.4 is 10.6 Å². The Hall–Kier alpha value is -2.22. The molecule has 0 spiro atoms. The molecule has 1 saturated heterocycles. The fraction of sp³-hybridized carbons (Fsp3) is 0.647. The van der Waals surface area contributed by atoms with E-state index in [2.05, 4.69) is 20.6 Å². The minimum absolute atomic E-state index is 0.0170. The number of hydrogen-bond acceptors (Lipinski definition) is 6. The lowest BCUT2D eigenvalue weighted by molar-refractivity contribution is -0.131. The summed E-state index contributed by atoms with van der Waals surface area (Å²) < 4.78 is 5.06. The van der Waals surface area contributed by atoms with Crippen molar-refractivity contribution in [3.63, 3.8) is 0 Å². The van der Waals surface area contributed by atoms with E-state index < -0.39 is 0 Å². The number of anilines is 1. The number of methoxy groups -OCH3 is 1. The first-order chi connectivity index (χ1) is 12.2. The highest BCUT2D eigenvalue weighted by molar-refractivity contribution is 5.82. The van der Waals surface area contributed by atoms with Crippen molar-refractivity contribution in [2.75, 3.05) is 38.7 Å². The maximum Gasteiger partial charge on any atom is 0.224 e. The Labute approximate surface area is 147 Å². The number of carbonyl (C=O) groups is 2. The molecule has 8 heteroatoms. The molecule has 0 aliphatic carbocycles. The molecule has 2 aliphatic rings. The van der Waals surface area contributed by atoms with Crippen LogP contribution in [0, 0.1) is 0 Å². The highest BCUT2D eigenvalue weighted by atomic mass is 16.5. The van der Waals surface area contributed by atoms with Gasteiger partial charge in [-0.15, -0.1) is 0 Å². The summed E-state index contributed by atoms with van der Waals surface area (Å²) in [6.07, 6.45) is 4.67. The van der Waals surface area contributed by atoms with Crippen LogP contribution in [-0.2, 0) is 27.2 Å². The summed E-state index contributed by atoms with van der Waals surface area (Å²) in [4.78, 5) is 34.5. The molecule has 1 aromatic heterocycles. The molecular weight excluding hydrogens is 322 g/mol. The van der Waals surface area contributed by atoms with E-state index in [1.807, 2.05) is 4.90 Å². The van der Waals surface area contributed by atoms with Gasteiger partial charge in [0.05, 0.1) is 12.3 Å². The third-order valence-electron chi connectivity index (χ3n) is 4.74. The first kappa shape index (κ1) is 17.6. The second-order valence-electron chi connectivity index (χ2n) is 6.46. The molecule has 1 fully saturated rings. The van der Waals surface area contributed by atoms with Crippen LogP contribution in [0.15, 0.2) is 6.33 Å². The standard InChI is InChI=1S/C17H25N5O3/c1-25-9-6-18-17-13-4-7-22(8-5-14(13)19-11-20-17)16(24)10-12-2-3-15(23)21-12/h11-12H,2-10H2,1H3,(H,21,23)(H,18,19,20)/t12-/m0/s1. The predicted molar refractivity (Wildman–Crippen MR) is 92.2 cm³/mol. The van der Waals surface area contributed by atoms with E-state index in [9.17, 15) is 9.59 Å². The van der Waals surface area contributed by atoms with E-state index in [-0.39, 0.29) is 17.9 Å². The Kier molecular flexibility index (Phi) is 5.80. The fourth-order valence-corrected chi connectivity index (χ4v) is 3.37. The summed E-state index contributed by atoms with van der Waals surface area (Å²) in [5.74, 6) is 0.976. The van der Waals surface area contributed by atoms with E-state index in [1.54, 1.807) is 13.4 Å². The van der Waals surface area contributed by atoms with Crippen LogP contribution in [0.1, 0.15) is 30.5 Å². The third kappa shape index (κ3) is 4.45. The number of ether oxygens (including phenoxy) is 1. The summed E-state index contributed by atoms with van der Waals surface area (Å²) in [5, 5.41) is 6.15. The topological polar surface area (TPSA) is 96.4 Å². The summed E-state index contributed by atoms with van der Waals surface area (Å²) in [5.41, 5.74) is 2.09. The van der Waals surface area contributed by atoms with Crippen molar-refractivity contribution in [1.82, 2.24) is 20.2 Å². The van der Waals surface area contributed by atoms with E-state index in [0.29, 0.717) is 39.1 Å². The number of aromatic nitrogens is 2. The average Bonchev–Trinajstić information content (AvgIpc) is 2.88. The van der Waals surface area contributed by atoms with Crippen LogP contribution in [0.4, 0.5) is 5.82 Å². The maximum atomic E-state index is 12.6. The van der Waals surface area contributed by atoms with Gasteiger partial charge in [0.1, 0.15) is 12.1 Å². The van der Waals surface area contributed by atoms with Gasteiger partial charge in [0, 0.05) is 57.6 Å². The lowest BCUT2D eigenvalue weighted by Crippen LogP contribution is -2.38. The summed E-state index contributed by atoms with van der Waals surface area (Å²) in [6, 6.07) is -0.0170. The van der Waals surface area contributed by atoms with Gasteiger partial charge in [-0.3, -0.25) is 9.59 Å². The second-order valence-corrected chi connectivity index (χ2v) is 6.46. The van der Waals surface area contributed by atoms with Gasteiger partial charge in [-0.25, -0.2) is 9.97 Å². The fourth-order valence-electron chi connectivity index (χ4n) is 3.37. The predicted octanol–water partition coefficient (Wildman–Crippen LogP) is 0.131. The minimum Gasteiger partial charge on any atom is -0.383 e. The minimum atomic E-state index is -0.0170. The van der Waals surface area contributed by atoms with Crippen LogP contribution in [0.25, 0.3) is 0 Å². The molecule has 8 nitrogen and oxygen atoms in total. The molecule has 0 aromatic carbocycles. The molecule has 25 heavy (non-hydrogen) atoms. The van der Waals surface area contributed by atoms with Gasteiger partial charge in [-0.1, -0.05) is 0 Å². The summed E-state index contributed by atoms with van der Waals surface area (Å²) >= 11 is 0. The zero-order valence-electron chi connectivity index (χ0n) is 14.6. The van der Waals surface area contributed by atoms with Gasteiger partial charge in [0.25, 0.3) is 0 Å². The molecule has 2 aliphatic heterocycles. The second kappa shape index (κ2) is 8.24. The molecule has 3 heterocycles. The zero-order chi connectivity index (χ0) is 17.6. The van der Waals surface area contributed by atoms with E-state index in [4.69, 9.17) is 4.74 Å². The van der Waals surface area contributed by atoms with Crippen LogP contribution in [-0.4, -0.2) is 66.1 Å². The molecule has 0 radical (unpaired) electrons. The maximum absolute atomic E-state index is 12.6. The third-order valence-corrected chi connectivity index (χ3v) is 4.74. The van der Waals surface area contributed by atoms with Crippen molar-refractivity contribution >= 4 is 17.6 Å². The molecule has 0 unspecified atom stereocenters. The van der Waals surface area contributed by atoms with Crippen LogP contribution >= 0.6 is 0 Å². The number of nitrogens with one attached hydrogen (secondary N) is 2. The van der Waals surface area contributed by atoms with Crippen molar-refractivity contribution in [2.45, 2.75) is 38.1 Å². The molecular formula is C17H25N5O3. The van der Waals surface area contributed by atoms with Crippen molar-refractivity contribution in [3.8, 4) is 0 Å². The molecule has 2 N–H and O–H groups in total. The van der Waals surface area contributed by atoms with Crippen LogP contribution in [0.5, 0.6) is 0 Å². The number of nitrogens with zero attached hydrogens (tertiary/aromatic N) is 3. The van der Waals surface area contributed by atoms with Crippen molar-refractivity contribution in [1.29, 1.82) is 0 Å². The summed E-state index contributed by atoms with van der Waals surface area (Å²) in [6.45, 7) is 2.60. The van der Waals surface area contributed by atoms with Crippen molar-refractivity contribution in [3.05, 3.63) is 17.6 Å². The highest BCUT2D eigenvalue weighted by Crippen LogP contribution is 2.21. The Morgan fingerprint density at radius 2 is 2.20 bits per heavy atom. The Balaban J connectivity index is 1.60. The van der Waals surface area contributed by atoms with Crippen molar-refractivity contribution < 1.29 is 14.3 Å². The van der Waals surface area contributed by atoms with Gasteiger partial charge in [-0.05, 0) is 12.8 Å². The number of carbonyl (C=O) groups excluding carboxylic acids is 2. The van der Waals surface area contributed by atoms with E-state index >= 15 is 0 Å². The van der Waals surface area contributed by atoms with Gasteiger partial charge in [-0.2, -0.15) is 0 Å². The number of amides is 2. The average molecular weight is 347 g/mol. The number of hydrogen-bond donors (Lipinski definition) is 2. The molecule has 1 atom stereocenters. The largest absolute Gasteiger partial charge is 0.383 e. The quantitative estimate of drug-likeness (QED) is 0.710. The molecule has 136 valence electrons. The first-order valence-electron chi connectivity index (χ1n) is 8.80. The molecule has 0 bridgehead atoms. The Morgan fingerprint density at radius 3 is 2.96 bits per heavy atom. The normalized spacial score (nSPS) is 20.0. The van der Waals surface area contributed by atoms with E-state index in [1.165, 1.54) is 0 Å². The number of rotatable bonds is 6. The van der Waals surface area contributed by atoms with E-state index in [0.717, 1.165) is 36.3 Å². The lowest BCUT2D eigenvalue weighted by Gasteiger charge is -2.22. The Bertz CT molecular complexity index is 637. The van der Waals surface area contributed by atoms with Crippen LogP contribution in [0.2, 0.25) is 0 Å². The SMILES string of the molecule is COCCNc1ncnc2c1CCN(C(=O)C[C@@H]1CCC(=O)N1)CC2. The molecule has 3 rings (SSSR count). The number of fused-ring (bicyclic) bond motifs is 1. The van der Waals surface area contributed by atoms with Crippen molar-refractivity contribution in [2.24, 2.45) is 0 Å². The van der Waals surface area contributed by atoms with Gasteiger partial charge in [0.15, 0.2) is 0 Å². The van der Waals surface area contributed by atoms with Crippen LogP contribution in [0.3, 0.4) is 0 Å². The lowest BCUT2D eigenvalue weighted by atomic mass is 10.1. The highest BCUT2D eigenvalue weighted by Gasteiger charge is 2.27. The Morgan fingerprint density at radius 1 is 1.36 bits per heavy atom. The smallest absolute Gasteiger partial charge is 0.224 e. The molecule has 2 amide bonds. The molecule has 0 saturated carbocycles. The van der Waals surface area contributed by atoms with Gasteiger partial charge in [0.2, 0.25) is 11.8 Å². The first-order valence-corrected chi connectivity index (χ1v) is 8.80. The zero-order valence-corrected chi connectivity index (χ0v) is 14.6. The monoisotopic (exact) mass is 347 g/mol. The molecule has 1 aromatic rings.